The molecule has 1 saturated carbocycles. The Morgan fingerprint density at radius 1 is 1.38 bits per heavy atom. The van der Waals surface area contributed by atoms with Crippen molar-refractivity contribution in [1.82, 2.24) is 0 Å². The zero-order chi connectivity index (χ0) is 9.73. The molecular formula is C11H17NO. The molecule has 1 aliphatic carbocycles. The minimum absolute atomic E-state index is 0.105. The van der Waals surface area contributed by atoms with Gasteiger partial charge < -0.3 is 0 Å². The zero-order valence-electron chi connectivity index (χ0n) is 8.31. The van der Waals surface area contributed by atoms with Gasteiger partial charge in [0.15, 0.2) is 5.78 Å². The summed E-state index contributed by atoms with van der Waals surface area (Å²) in [7, 11) is 0. The Labute approximate surface area is 79.9 Å². The molecular weight excluding hydrogens is 162 g/mol. The summed E-state index contributed by atoms with van der Waals surface area (Å²) in [5.41, 5.74) is -0.131. The van der Waals surface area contributed by atoms with E-state index in [0.29, 0.717) is 0 Å². The summed E-state index contributed by atoms with van der Waals surface area (Å²) in [5, 5.41) is 8.51. The molecule has 0 aromatic carbocycles. The third-order valence-electron chi connectivity index (χ3n) is 3.32. The molecule has 0 aromatic rings. The lowest BCUT2D eigenvalue weighted by atomic mass is 9.69. The fourth-order valence-corrected chi connectivity index (χ4v) is 2.32. The predicted octanol–water partition coefficient (Wildman–Crippen LogP) is 2.83. The first-order valence-electron chi connectivity index (χ1n) is 5.15. The molecule has 0 aromatic heterocycles. The molecule has 1 fully saturated rings. The van der Waals surface area contributed by atoms with E-state index in [1.165, 1.54) is 6.42 Å². The van der Waals surface area contributed by atoms with Gasteiger partial charge in [0, 0.05) is 5.41 Å². The molecule has 0 atom stereocenters. The van der Waals surface area contributed by atoms with Crippen LogP contribution in [-0.4, -0.2) is 5.78 Å². The number of nitriles is 1. The van der Waals surface area contributed by atoms with Crippen LogP contribution in [0.25, 0.3) is 0 Å². The van der Waals surface area contributed by atoms with Crippen molar-refractivity contribution in [3.8, 4) is 6.07 Å². The summed E-state index contributed by atoms with van der Waals surface area (Å²) in [4.78, 5) is 11.7. The second-order valence-corrected chi connectivity index (χ2v) is 3.95. The molecule has 0 N–H and O–H groups in total. The molecule has 0 bridgehead atoms. The first-order chi connectivity index (χ1) is 6.25. The van der Waals surface area contributed by atoms with Crippen LogP contribution in [0.4, 0.5) is 0 Å². The maximum atomic E-state index is 11.7. The van der Waals surface area contributed by atoms with Crippen molar-refractivity contribution in [3.05, 3.63) is 0 Å². The first-order valence-corrected chi connectivity index (χ1v) is 5.15. The van der Waals surface area contributed by atoms with Crippen molar-refractivity contribution in [2.45, 2.75) is 51.9 Å². The Bertz CT molecular complexity index is 221. The molecule has 72 valence electrons. The Kier molecular flexibility index (Phi) is 3.48. The number of carbonyl (C=O) groups excluding carboxylic acids is 1. The molecule has 0 heterocycles. The van der Waals surface area contributed by atoms with Crippen LogP contribution in [0, 0.1) is 16.7 Å². The summed E-state index contributed by atoms with van der Waals surface area (Å²) >= 11 is 0. The second-order valence-electron chi connectivity index (χ2n) is 3.95. The molecule has 1 rings (SSSR count). The van der Waals surface area contributed by atoms with E-state index in [4.69, 9.17) is 5.26 Å². The lowest BCUT2D eigenvalue weighted by Gasteiger charge is -2.34. The van der Waals surface area contributed by atoms with Gasteiger partial charge in [-0.2, -0.15) is 5.26 Å². The minimum atomic E-state index is -0.131. The van der Waals surface area contributed by atoms with Crippen molar-refractivity contribution in [2.24, 2.45) is 5.41 Å². The maximum Gasteiger partial charge on any atom is 0.153 e. The normalized spacial score (nSPS) is 20.6. The lowest BCUT2D eigenvalue weighted by Crippen LogP contribution is -2.32. The Balaban J connectivity index is 2.67. The van der Waals surface area contributed by atoms with Crippen molar-refractivity contribution in [2.75, 3.05) is 0 Å². The van der Waals surface area contributed by atoms with Gasteiger partial charge in [0.1, 0.15) is 0 Å². The topological polar surface area (TPSA) is 40.9 Å². The lowest BCUT2D eigenvalue weighted by molar-refractivity contribution is -0.129. The number of Topliss-reactive ketones (excluding diaryl/α,β-unsaturated/α-hetero) is 1. The zero-order valence-corrected chi connectivity index (χ0v) is 8.31. The van der Waals surface area contributed by atoms with Gasteiger partial charge in [0.25, 0.3) is 0 Å². The van der Waals surface area contributed by atoms with Gasteiger partial charge >= 0.3 is 0 Å². The van der Waals surface area contributed by atoms with E-state index in [2.05, 4.69) is 6.92 Å². The van der Waals surface area contributed by atoms with Crippen LogP contribution < -0.4 is 0 Å². The Morgan fingerprint density at radius 3 is 2.46 bits per heavy atom. The molecule has 0 saturated heterocycles. The maximum absolute atomic E-state index is 11.7. The van der Waals surface area contributed by atoms with Crippen LogP contribution in [0.15, 0.2) is 0 Å². The van der Waals surface area contributed by atoms with Crippen LogP contribution in [-0.2, 0) is 4.79 Å². The highest BCUT2D eigenvalue weighted by Gasteiger charge is 2.36. The molecule has 0 radical (unpaired) electrons. The predicted molar refractivity (Wildman–Crippen MR) is 51.0 cm³/mol. The number of carbonyl (C=O) groups is 1. The summed E-state index contributed by atoms with van der Waals surface area (Å²) in [6.07, 6.45) is 6.59. The number of ketones is 1. The number of hydrogen-bond donors (Lipinski definition) is 0. The van der Waals surface area contributed by atoms with Crippen molar-refractivity contribution < 1.29 is 4.79 Å². The molecule has 0 unspecified atom stereocenters. The van der Waals surface area contributed by atoms with Gasteiger partial charge in [-0.15, -0.1) is 0 Å². The van der Waals surface area contributed by atoms with E-state index in [-0.39, 0.29) is 17.6 Å². The van der Waals surface area contributed by atoms with E-state index >= 15 is 0 Å². The quantitative estimate of drug-likeness (QED) is 0.668. The molecule has 2 heteroatoms. The van der Waals surface area contributed by atoms with Gasteiger partial charge in [-0.05, 0) is 19.3 Å². The van der Waals surface area contributed by atoms with E-state index in [1.54, 1.807) is 0 Å². The molecule has 1 aliphatic rings. The monoisotopic (exact) mass is 179 g/mol. The fraction of sp³-hybridized carbons (Fsp3) is 0.818. The summed E-state index contributed by atoms with van der Waals surface area (Å²) in [6.45, 7) is 2.07. The van der Waals surface area contributed by atoms with Crippen LogP contribution in [0.5, 0.6) is 0 Å². The van der Waals surface area contributed by atoms with Gasteiger partial charge in [0.2, 0.25) is 0 Å². The van der Waals surface area contributed by atoms with Gasteiger partial charge in [-0.3, -0.25) is 4.79 Å². The standard InChI is InChI=1S/C11H17NO/c1-2-11(10(13)6-9-12)7-4-3-5-8-11/h2-8H2,1H3. The SMILES string of the molecule is CCC1(C(=O)CC#N)CCCCC1. The van der Waals surface area contributed by atoms with Crippen LogP contribution in [0.2, 0.25) is 0 Å². The molecule has 0 spiro atoms. The summed E-state index contributed by atoms with van der Waals surface area (Å²) in [5.74, 6) is 0.178. The van der Waals surface area contributed by atoms with Crippen molar-refractivity contribution in [3.63, 3.8) is 0 Å². The minimum Gasteiger partial charge on any atom is -0.298 e. The summed E-state index contributed by atoms with van der Waals surface area (Å²) < 4.78 is 0. The smallest absolute Gasteiger partial charge is 0.153 e. The van der Waals surface area contributed by atoms with Crippen molar-refractivity contribution >= 4 is 5.78 Å². The average Bonchev–Trinajstić information content (AvgIpc) is 2.19. The third-order valence-corrected chi connectivity index (χ3v) is 3.32. The van der Waals surface area contributed by atoms with E-state index < -0.39 is 0 Å². The van der Waals surface area contributed by atoms with Crippen LogP contribution >= 0.6 is 0 Å². The number of hydrogen-bond acceptors (Lipinski definition) is 2. The van der Waals surface area contributed by atoms with E-state index in [9.17, 15) is 4.79 Å². The second kappa shape index (κ2) is 4.41. The average molecular weight is 179 g/mol. The summed E-state index contributed by atoms with van der Waals surface area (Å²) in [6, 6.07) is 1.97. The largest absolute Gasteiger partial charge is 0.298 e. The fourth-order valence-electron chi connectivity index (χ4n) is 2.32. The molecule has 0 amide bonds. The molecule has 2 nitrogen and oxygen atoms in total. The van der Waals surface area contributed by atoms with Gasteiger partial charge in [0.05, 0.1) is 12.5 Å². The Hall–Kier alpha value is -0.840. The highest BCUT2D eigenvalue weighted by Crippen LogP contribution is 2.40. The number of rotatable bonds is 3. The Morgan fingerprint density at radius 2 is 2.00 bits per heavy atom. The van der Waals surface area contributed by atoms with Crippen LogP contribution in [0.3, 0.4) is 0 Å². The first kappa shape index (κ1) is 10.2. The highest BCUT2D eigenvalue weighted by atomic mass is 16.1. The third kappa shape index (κ3) is 2.09. The molecule has 13 heavy (non-hydrogen) atoms. The van der Waals surface area contributed by atoms with Gasteiger partial charge in [-0.1, -0.05) is 26.2 Å². The van der Waals surface area contributed by atoms with Crippen LogP contribution in [0.1, 0.15) is 51.9 Å². The van der Waals surface area contributed by atoms with Crippen molar-refractivity contribution in [1.29, 1.82) is 5.26 Å². The highest BCUT2D eigenvalue weighted by molar-refractivity contribution is 5.86. The van der Waals surface area contributed by atoms with E-state index in [0.717, 1.165) is 32.1 Å². The van der Waals surface area contributed by atoms with E-state index in [1.807, 2.05) is 6.07 Å². The number of nitrogens with zero attached hydrogens (tertiary/aromatic N) is 1. The van der Waals surface area contributed by atoms with Gasteiger partial charge in [-0.25, -0.2) is 0 Å². The molecule has 0 aliphatic heterocycles.